The summed E-state index contributed by atoms with van der Waals surface area (Å²) in [6.07, 6.45) is 4.56. The molecular weight excluding hydrogens is 380 g/mol. The molecule has 2 aromatic rings. The molecule has 1 fully saturated rings. The third kappa shape index (κ3) is 2.95. The van der Waals surface area contributed by atoms with Gasteiger partial charge in [0.1, 0.15) is 10.6 Å². The van der Waals surface area contributed by atoms with Crippen molar-refractivity contribution in [2.75, 3.05) is 18.5 Å². The molecule has 4 rings (SSSR count). The molecule has 1 amide bonds. The Morgan fingerprint density at radius 3 is 2.67 bits per heavy atom. The number of carbonyl (C=O) groups is 1. The van der Waals surface area contributed by atoms with Gasteiger partial charge in [-0.25, -0.2) is 17.2 Å². The molecule has 0 saturated carbocycles. The number of aryl methyl sites for hydroxylation is 1. The lowest BCUT2D eigenvalue weighted by atomic mass is 9.97. The van der Waals surface area contributed by atoms with Gasteiger partial charge in [-0.1, -0.05) is 12.2 Å². The molecule has 0 atom stereocenters. The largest absolute Gasteiger partial charge is 0.377 e. The highest BCUT2D eigenvalue weighted by Crippen LogP contribution is 2.32. The Morgan fingerprint density at radius 2 is 2.04 bits per heavy atom. The van der Waals surface area contributed by atoms with E-state index in [0.29, 0.717) is 0 Å². The minimum absolute atomic E-state index is 0.0412. The first-order chi connectivity index (χ1) is 12.7. The Morgan fingerprint density at radius 1 is 1.30 bits per heavy atom. The lowest BCUT2D eigenvalue weighted by Crippen LogP contribution is -2.60. The van der Waals surface area contributed by atoms with E-state index in [4.69, 9.17) is 4.74 Å². The van der Waals surface area contributed by atoms with Gasteiger partial charge in [0, 0.05) is 30.6 Å². The summed E-state index contributed by atoms with van der Waals surface area (Å²) >= 11 is 0. The fourth-order valence-corrected chi connectivity index (χ4v) is 4.70. The minimum Gasteiger partial charge on any atom is -0.377 e. The van der Waals surface area contributed by atoms with Crippen molar-refractivity contribution in [1.29, 1.82) is 0 Å². The molecule has 27 heavy (non-hydrogen) atoms. The van der Waals surface area contributed by atoms with Crippen LogP contribution in [0.1, 0.15) is 16.1 Å². The highest BCUT2D eigenvalue weighted by molar-refractivity contribution is 7.89. The Labute approximate surface area is 153 Å². The summed E-state index contributed by atoms with van der Waals surface area (Å²) < 4.78 is 60.9. The maximum Gasteiger partial charge on any atom is 0.272 e. The number of aromatic nitrogens is 1. The average Bonchev–Trinajstić information content (AvgIpc) is 2.85. The average molecular weight is 395 g/mol. The normalized spacial score (nSPS) is 19.2. The second kappa shape index (κ2) is 5.98. The molecule has 0 unspecified atom stereocenters. The summed E-state index contributed by atoms with van der Waals surface area (Å²) in [5.74, 6) is -2.78. The SMILES string of the molecule is Cn1cc2c(c1C(=O)Nc1ccc(F)c(F)c1)C=CC1(COC1)NS2(=O)=O. The van der Waals surface area contributed by atoms with Gasteiger partial charge in [0.05, 0.1) is 18.8 Å². The fourth-order valence-electron chi connectivity index (χ4n) is 3.12. The van der Waals surface area contributed by atoms with E-state index in [9.17, 15) is 22.0 Å². The molecule has 0 radical (unpaired) electrons. The van der Waals surface area contributed by atoms with Crippen molar-refractivity contribution in [3.05, 3.63) is 53.4 Å². The summed E-state index contributed by atoms with van der Waals surface area (Å²) in [5.41, 5.74) is -0.476. The second-order valence-electron chi connectivity index (χ2n) is 6.54. The van der Waals surface area contributed by atoms with Gasteiger partial charge < -0.3 is 14.6 Å². The predicted molar refractivity (Wildman–Crippen MR) is 92.6 cm³/mol. The van der Waals surface area contributed by atoms with Gasteiger partial charge in [-0.05, 0) is 12.1 Å². The number of hydrogen-bond donors (Lipinski definition) is 2. The van der Waals surface area contributed by atoms with Gasteiger partial charge in [0.15, 0.2) is 11.6 Å². The predicted octanol–water partition coefficient (Wildman–Crippen LogP) is 1.63. The van der Waals surface area contributed by atoms with Crippen LogP contribution in [-0.4, -0.2) is 37.6 Å². The van der Waals surface area contributed by atoms with E-state index in [2.05, 4.69) is 10.0 Å². The van der Waals surface area contributed by atoms with Gasteiger partial charge in [-0.3, -0.25) is 4.79 Å². The zero-order chi connectivity index (χ0) is 19.4. The van der Waals surface area contributed by atoms with E-state index in [1.807, 2.05) is 0 Å². The number of amides is 1. The van der Waals surface area contributed by atoms with Gasteiger partial charge in [0.25, 0.3) is 5.91 Å². The van der Waals surface area contributed by atoms with Crippen molar-refractivity contribution in [1.82, 2.24) is 9.29 Å². The number of ether oxygens (including phenoxy) is 1. The molecule has 142 valence electrons. The van der Waals surface area contributed by atoms with E-state index in [1.165, 1.54) is 23.9 Å². The van der Waals surface area contributed by atoms with Crippen LogP contribution in [0.25, 0.3) is 6.08 Å². The Kier molecular flexibility index (Phi) is 3.95. The topological polar surface area (TPSA) is 89.4 Å². The fraction of sp³-hybridized carbons (Fsp3) is 0.235. The van der Waals surface area contributed by atoms with Crippen molar-refractivity contribution in [3.63, 3.8) is 0 Å². The summed E-state index contributed by atoms with van der Waals surface area (Å²) in [6.45, 7) is 0.408. The number of nitrogens with zero attached hydrogens (tertiary/aromatic N) is 1. The number of nitrogens with one attached hydrogen (secondary N) is 2. The highest BCUT2D eigenvalue weighted by atomic mass is 32.2. The van der Waals surface area contributed by atoms with Crippen LogP contribution in [0.3, 0.4) is 0 Å². The summed E-state index contributed by atoms with van der Waals surface area (Å²) in [7, 11) is -2.34. The number of rotatable bonds is 2. The van der Waals surface area contributed by atoms with E-state index in [-0.39, 0.29) is 35.1 Å². The number of carbonyl (C=O) groups excluding carboxylic acids is 1. The highest BCUT2D eigenvalue weighted by Gasteiger charge is 2.43. The molecule has 7 nitrogen and oxygen atoms in total. The third-order valence-corrected chi connectivity index (χ3v) is 6.07. The Bertz CT molecular complexity index is 1090. The molecule has 0 aliphatic carbocycles. The maximum absolute atomic E-state index is 13.4. The van der Waals surface area contributed by atoms with Crippen molar-refractivity contribution >= 4 is 27.7 Å². The molecule has 1 spiro atoms. The molecule has 10 heteroatoms. The number of anilines is 1. The number of sulfonamides is 1. The van der Waals surface area contributed by atoms with E-state index in [1.54, 1.807) is 12.2 Å². The molecule has 1 saturated heterocycles. The van der Waals surface area contributed by atoms with Gasteiger partial charge in [-0.2, -0.15) is 4.72 Å². The smallest absolute Gasteiger partial charge is 0.272 e. The lowest BCUT2D eigenvalue weighted by molar-refractivity contribution is -0.0359. The van der Waals surface area contributed by atoms with Gasteiger partial charge >= 0.3 is 0 Å². The third-order valence-electron chi connectivity index (χ3n) is 4.49. The molecular formula is C17H15F2N3O4S. The summed E-state index contributed by atoms with van der Waals surface area (Å²) in [6, 6.07) is 2.96. The summed E-state index contributed by atoms with van der Waals surface area (Å²) in [4.78, 5) is 12.7. The number of benzene rings is 1. The van der Waals surface area contributed by atoms with E-state index >= 15 is 0 Å². The van der Waals surface area contributed by atoms with Gasteiger partial charge in [0.2, 0.25) is 10.0 Å². The first-order valence-corrected chi connectivity index (χ1v) is 9.46. The van der Waals surface area contributed by atoms with Crippen LogP contribution in [0.15, 0.2) is 35.4 Å². The van der Waals surface area contributed by atoms with E-state index < -0.39 is 33.1 Å². The van der Waals surface area contributed by atoms with Crippen LogP contribution in [0.2, 0.25) is 0 Å². The zero-order valence-corrected chi connectivity index (χ0v) is 14.9. The first-order valence-electron chi connectivity index (χ1n) is 7.97. The Balaban J connectivity index is 1.74. The Hall–Kier alpha value is -2.56. The van der Waals surface area contributed by atoms with Crippen LogP contribution in [0.4, 0.5) is 14.5 Å². The molecule has 0 bridgehead atoms. The second-order valence-corrected chi connectivity index (χ2v) is 8.19. The molecule has 1 aromatic carbocycles. The molecule has 3 heterocycles. The van der Waals surface area contributed by atoms with Crippen molar-refractivity contribution in [2.24, 2.45) is 7.05 Å². The van der Waals surface area contributed by atoms with Crippen molar-refractivity contribution in [2.45, 2.75) is 10.4 Å². The minimum atomic E-state index is -3.87. The quantitative estimate of drug-likeness (QED) is 0.809. The maximum atomic E-state index is 13.4. The lowest BCUT2D eigenvalue weighted by Gasteiger charge is -2.38. The molecule has 1 aromatic heterocycles. The van der Waals surface area contributed by atoms with Crippen molar-refractivity contribution in [3.8, 4) is 0 Å². The van der Waals surface area contributed by atoms with E-state index in [0.717, 1.165) is 12.1 Å². The molecule has 2 N–H and O–H groups in total. The van der Waals surface area contributed by atoms with Crippen LogP contribution in [0, 0.1) is 11.6 Å². The number of halogens is 2. The number of fused-ring (bicyclic) bond motifs is 1. The van der Waals surface area contributed by atoms with Gasteiger partial charge in [-0.15, -0.1) is 0 Å². The van der Waals surface area contributed by atoms with Crippen LogP contribution in [-0.2, 0) is 21.8 Å². The first kappa shape index (κ1) is 17.8. The van der Waals surface area contributed by atoms with Crippen molar-refractivity contribution < 1.29 is 26.7 Å². The summed E-state index contributed by atoms with van der Waals surface area (Å²) in [5, 5.41) is 2.46. The number of hydrogen-bond acceptors (Lipinski definition) is 4. The standard InChI is InChI=1S/C17H15F2N3O4S/c1-22-7-14-11(4-5-17(8-26-9-17)21-27(14,24)25)15(22)16(23)20-10-2-3-12(18)13(19)6-10/h2-7,21H,8-9H2,1H3,(H,20,23). The molecule has 2 aliphatic heterocycles. The van der Waals surface area contributed by atoms with Crippen LogP contribution < -0.4 is 10.0 Å². The van der Waals surface area contributed by atoms with Crippen LogP contribution >= 0.6 is 0 Å². The molecule has 2 aliphatic rings. The monoisotopic (exact) mass is 395 g/mol. The zero-order valence-electron chi connectivity index (χ0n) is 14.1. The van der Waals surface area contributed by atoms with Crippen LogP contribution in [0.5, 0.6) is 0 Å².